The van der Waals surface area contributed by atoms with E-state index in [4.69, 9.17) is 9.97 Å². The van der Waals surface area contributed by atoms with Gasteiger partial charge in [-0.1, -0.05) is 129 Å². The molecule has 0 atom stereocenters. The van der Waals surface area contributed by atoms with Crippen LogP contribution in [0.4, 0.5) is 0 Å². The van der Waals surface area contributed by atoms with Crippen LogP contribution in [0, 0.1) is 0 Å². The molecule has 0 unspecified atom stereocenters. The van der Waals surface area contributed by atoms with Gasteiger partial charge in [0.2, 0.25) is 5.95 Å². The van der Waals surface area contributed by atoms with Crippen molar-refractivity contribution in [1.82, 2.24) is 14.5 Å². The van der Waals surface area contributed by atoms with Crippen LogP contribution >= 0.6 is 0 Å². The van der Waals surface area contributed by atoms with E-state index in [2.05, 4.69) is 158 Å². The van der Waals surface area contributed by atoms with Gasteiger partial charge in [-0.25, -0.2) is 9.97 Å². The first-order chi connectivity index (χ1) is 21.6. The molecule has 0 aliphatic heterocycles. The van der Waals surface area contributed by atoms with Crippen molar-refractivity contribution in [3.63, 3.8) is 0 Å². The SMILES string of the molecule is CC1(C)c2ccccc2-c2c(-c3cccc(-c4ccccc4)c3)nc(-n3c4ccccc4c4cc5ccccc5cc43)nc21. The van der Waals surface area contributed by atoms with Crippen LogP contribution < -0.4 is 0 Å². The van der Waals surface area contributed by atoms with Crippen LogP contribution in [-0.4, -0.2) is 14.5 Å². The smallest absolute Gasteiger partial charge is 0.235 e. The summed E-state index contributed by atoms with van der Waals surface area (Å²) >= 11 is 0. The summed E-state index contributed by atoms with van der Waals surface area (Å²) in [5.41, 5.74) is 11.1. The monoisotopic (exact) mass is 563 g/mol. The second-order valence-electron chi connectivity index (χ2n) is 12.3. The molecule has 3 nitrogen and oxygen atoms in total. The Kier molecular flexibility index (Phi) is 5.24. The van der Waals surface area contributed by atoms with Gasteiger partial charge in [0.05, 0.1) is 22.4 Å². The highest BCUT2D eigenvalue weighted by Gasteiger charge is 2.40. The number of hydrogen-bond donors (Lipinski definition) is 0. The number of aromatic nitrogens is 3. The fourth-order valence-corrected chi connectivity index (χ4v) is 7.19. The van der Waals surface area contributed by atoms with Crippen molar-refractivity contribution in [2.45, 2.75) is 19.3 Å². The summed E-state index contributed by atoms with van der Waals surface area (Å²) in [4.78, 5) is 11.0. The molecule has 0 spiro atoms. The first-order valence-electron chi connectivity index (χ1n) is 15.2. The van der Waals surface area contributed by atoms with Crippen LogP contribution in [0.1, 0.15) is 25.1 Å². The van der Waals surface area contributed by atoms with Gasteiger partial charge in [-0.2, -0.15) is 0 Å². The highest BCUT2D eigenvalue weighted by Crippen LogP contribution is 2.51. The van der Waals surface area contributed by atoms with E-state index in [-0.39, 0.29) is 5.41 Å². The summed E-state index contributed by atoms with van der Waals surface area (Å²) < 4.78 is 2.26. The van der Waals surface area contributed by atoms with Crippen molar-refractivity contribution in [2.24, 2.45) is 0 Å². The molecule has 0 bridgehead atoms. The van der Waals surface area contributed by atoms with Gasteiger partial charge in [-0.15, -0.1) is 0 Å². The Morgan fingerprint density at radius 1 is 0.523 bits per heavy atom. The van der Waals surface area contributed by atoms with Crippen molar-refractivity contribution >= 4 is 32.6 Å². The number of benzene rings is 6. The van der Waals surface area contributed by atoms with Crippen molar-refractivity contribution in [2.75, 3.05) is 0 Å². The number of nitrogens with zero attached hydrogens (tertiary/aromatic N) is 3. The number of fused-ring (bicyclic) bond motifs is 7. The summed E-state index contributed by atoms with van der Waals surface area (Å²) in [5, 5.41) is 4.84. The average molecular weight is 564 g/mol. The zero-order chi connectivity index (χ0) is 29.4. The van der Waals surface area contributed by atoms with Crippen LogP contribution in [0.2, 0.25) is 0 Å². The molecule has 2 aromatic heterocycles. The molecule has 0 amide bonds. The Bertz CT molecular complexity index is 2410. The zero-order valence-corrected chi connectivity index (χ0v) is 24.6. The van der Waals surface area contributed by atoms with E-state index in [1.807, 2.05) is 0 Å². The molecule has 9 rings (SSSR count). The van der Waals surface area contributed by atoms with E-state index in [1.54, 1.807) is 0 Å². The van der Waals surface area contributed by atoms with Crippen LogP contribution in [0.5, 0.6) is 0 Å². The zero-order valence-electron chi connectivity index (χ0n) is 24.6. The second kappa shape index (κ2) is 9.23. The Balaban J connectivity index is 1.39. The molecule has 0 radical (unpaired) electrons. The Morgan fingerprint density at radius 3 is 2.07 bits per heavy atom. The number of rotatable bonds is 3. The third kappa shape index (κ3) is 3.56. The van der Waals surface area contributed by atoms with Gasteiger partial charge in [-0.05, 0) is 57.3 Å². The van der Waals surface area contributed by atoms with Crippen LogP contribution in [0.25, 0.3) is 72.0 Å². The first-order valence-corrected chi connectivity index (χ1v) is 15.2. The van der Waals surface area contributed by atoms with Gasteiger partial charge in [-0.3, -0.25) is 4.57 Å². The second-order valence-corrected chi connectivity index (χ2v) is 12.3. The lowest BCUT2D eigenvalue weighted by Gasteiger charge is -2.21. The minimum Gasteiger partial charge on any atom is -0.278 e. The third-order valence-electron chi connectivity index (χ3n) is 9.34. The molecule has 3 heteroatoms. The Labute approximate surface area is 256 Å². The molecular weight excluding hydrogens is 534 g/mol. The minimum absolute atomic E-state index is 0.277. The number of para-hydroxylation sites is 1. The molecule has 1 aliphatic rings. The van der Waals surface area contributed by atoms with Gasteiger partial charge in [0.1, 0.15) is 0 Å². The molecule has 44 heavy (non-hydrogen) atoms. The van der Waals surface area contributed by atoms with Gasteiger partial charge >= 0.3 is 0 Å². The van der Waals surface area contributed by atoms with Crippen LogP contribution in [0.3, 0.4) is 0 Å². The maximum Gasteiger partial charge on any atom is 0.235 e. The third-order valence-corrected chi connectivity index (χ3v) is 9.34. The molecule has 2 heterocycles. The molecular formula is C41H29N3. The Hall–Kier alpha value is -5.54. The van der Waals surface area contributed by atoms with Gasteiger partial charge in [0, 0.05) is 27.3 Å². The van der Waals surface area contributed by atoms with E-state index in [1.165, 1.54) is 43.8 Å². The molecule has 0 fully saturated rings. The summed E-state index contributed by atoms with van der Waals surface area (Å²) in [6, 6.07) is 49.9. The van der Waals surface area contributed by atoms with Crippen molar-refractivity contribution in [3.8, 4) is 39.5 Å². The fraction of sp³-hybridized carbons (Fsp3) is 0.0732. The summed E-state index contributed by atoms with van der Waals surface area (Å²) in [6.45, 7) is 4.58. The van der Waals surface area contributed by atoms with Crippen molar-refractivity contribution in [3.05, 3.63) is 151 Å². The lowest BCUT2D eigenvalue weighted by molar-refractivity contribution is 0.632. The maximum atomic E-state index is 5.49. The first kappa shape index (κ1) is 25.0. The van der Waals surface area contributed by atoms with Crippen molar-refractivity contribution in [1.29, 1.82) is 0 Å². The highest BCUT2D eigenvalue weighted by atomic mass is 15.2. The Morgan fingerprint density at radius 2 is 1.20 bits per heavy atom. The normalized spacial score (nSPS) is 13.4. The van der Waals surface area contributed by atoms with Gasteiger partial charge in [0.15, 0.2) is 0 Å². The van der Waals surface area contributed by atoms with Crippen molar-refractivity contribution < 1.29 is 0 Å². The standard InChI is InChI=1S/C41H29N3/c1-41(2)34-21-10-8-20-32(34)37-38(30-18-12-17-27(23-30)26-13-4-3-5-14-26)42-40(43-39(37)41)44-35-22-11-9-19-31(35)33-24-28-15-6-7-16-29(28)25-36(33)44/h3-25H,1-2H3. The van der Waals surface area contributed by atoms with Gasteiger partial charge in [0.25, 0.3) is 0 Å². The summed E-state index contributed by atoms with van der Waals surface area (Å²) in [6.07, 6.45) is 0. The quantitative estimate of drug-likeness (QED) is 0.214. The lowest BCUT2D eigenvalue weighted by atomic mass is 9.85. The topological polar surface area (TPSA) is 30.7 Å². The van der Waals surface area contributed by atoms with E-state index in [0.29, 0.717) is 5.95 Å². The van der Waals surface area contributed by atoms with Crippen LogP contribution in [0.15, 0.2) is 140 Å². The lowest BCUT2D eigenvalue weighted by Crippen LogP contribution is -2.18. The predicted octanol–water partition coefficient (Wildman–Crippen LogP) is 10.4. The highest BCUT2D eigenvalue weighted by molar-refractivity contribution is 6.13. The summed E-state index contributed by atoms with van der Waals surface area (Å²) in [5.74, 6) is 0.700. The van der Waals surface area contributed by atoms with E-state index < -0.39 is 0 Å². The van der Waals surface area contributed by atoms with E-state index in [0.717, 1.165) is 33.5 Å². The maximum absolute atomic E-state index is 5.49. The molecule has 8 aromatic rings. The average Bonchev–Trinajstić information content (AvgIpc) is 3.52. The molecule has 0 saturated carbocycles. The molecule has 0 N–H and O–H groups in total. The molecule has 208 valence electrons. The van der Waals surface area contributed by atoms with E-state index >= 15 is 0 Å². The largest absolute Gasteiger partial charge is 0.278 e. The predicted molar refractivity (Wildman–Crippen MR) is 182 cm³/mol. The van der Waals surface area contributed by atoms with Crippen LogP contribution in [-0.2, 0) is 5.41 Å². The van der Waals surface area contributed by atoms with E-state index in [9.17, 15) is 0 Å². The van der Waals surface area contributed by atoms with Gasteiger partial charge < -0.3 is 0 Å². The summed E-state index contributed by atoms with van der Waals surface area (Å²) in [7, 11) is 0. The fourth-order valence-electron chi connectivity index (χ4n) is 7.19. The molecule has 0 saturated heterocycles. The minimum atomic E-state index is -0.277. The molecule has 1 aliphatic carbocycles. The molecule has 6 aromatic carbocycles. The number of hydrogen-bond acceptors (Lipinski definition) is 2.